The fourth-order valence-electron chi connectivity index (χ4n) is 1.87. The van der Waals surface area contributed by atoms with Crippen LogP contribution in [0.2, 0.25) is 0 Å². The molecule has 0 aliphatic carbocycles. The van der Waals surface area contributed by atoms with E-state index in [4.69, 9.17) is 5.11 Å². The number of amides is 2. The summed E-state index contributed by atoms with van der Waals surface area (Å²) in [6.45, 7) is 5.46. The van der Waals surface area contributed by atoms with Gasteiger partial charge >= 0.3 is 5.97 Å². The number of rotatable bonds is 3. The number of nitrogens with one attached hydrogen (secondary N) is 2. The highest BCUT2D eigenvalue weighted by Crippen LogP contribution is 2.26. The van der Waals surface area contributed by atoms with E-state index in [1.807, 2.05) is 0 Å². The number of carbonyl (C=O) groups excluding carboxylic acids is 2. The molecule has 2 atom stereocenters. The summed E-state index contributed by atoms with van der Waals surface area (Å²) in [5.41, 5.74) is -0.661. The van der Waals surface area contributed by atoms with Gasteiger partial charge in [-0.1, -0.05) is 20.8 Å². The lowest BCUT2D eigenvalue weighted by molar-refractivity contribution is -0.151. The molecule has 1 rings (SSSR count). The second-order valence-electron chi connectivity index (χ2n) is 5.35. The molecule has 96 valence electrons. The Morgan fingerprint density at radius 3 is 2.41 bits per heavy atom. The Morgan fingerprint density at radius 1 is 1.47 bits per heavy atom. The van der Waals surface area contributed by atoms with Crippen LogP contribution in [0.5, 0.6) is 0 Å². The maximum absolute atomic E-state index is 11.9. The van der Waals surface area contributed by atoms with Crippen molar-refractivity contribution in [1.82, 2.24) is 10.6 Å². The van der Waals surface area contributed by atoms with Crippen LogP contribution in [-0.4, -0.2) is 35.5 Å². The van der Waals surface area contributed by atoms with Crippen LogP contribution in [0.1, 0.15) is 27.2 Å². The molecule has 0 spiro atoms. The van der Waals surface area contributed by atoms with Gasteiger partial charge in [0.15, 0.2) is 0 Å². The lowest BCUT2D eigenvalue weighted by Gasteiger charge is -2.27. The van der Waals surface area contributed by atoms with Gasteiger partial charge in [0.25, 0.3) is 0 Å². The molecule has 1 aliphatic heterocycles. The van der Waals surface area contributed by atoms with Crippen LogP contribution in [0.25, 0.3) is 0 Å². The van der Waals surface area contributed by atoms with Crippen molar-refractivity contribution < 1.29 is 19.5 Å². The molecule has 0 saturated carbocycles. The Morgan fingerprint density at radius 2 is 2.06 bits per heavy atom. The molecule has 2 amide bonds. The van der Waals surface area contributed by atoms with E-state index in [9.17, 15) is 14.4 Å². The molecule has 1 saturated heterocycles. The van der Waals surface area contributed by atoms with Crippen molar-refractivity contribution in [2.24, 2.45) is 11.3 Å². The summed E-state index contributed by atoms with van der Waals surface area (Å²) >= 11 is 0. The van der Waals surface area contributed by atoms with Gasteiger partial charge in [-0.15, -0.1) is 0 Å². The van der Waals surface area contributed by atoms with Crippen LogP contribution in [0, 0.1) is 11.3 Å². The predicted molar refractivity (Wildman–Crippen MR) is 60.1 cm³/mol. The van der Waals surface area contributed by atoms with E-state index in [0.29, 0.717) is 6.54 Å². The van der Waals surface area contributed by atoms with Crippen LogP contribution >= 0.6 is 0 Å². The van der Waals surface area contributed by atoms with E-state index in [0.717, 1.165) is 0 Å². The van der Waals surface area contributed by atoms with E-state index < -0.39 is 23.2 Å². The third kappa shape index (κ3) is 3.44. The standard InChI is InChI=1S/C11H18N2O4/c1-11(2,3)8(10(16)17)9(15)13-6-4-7(14)12-5-6/h6,8H,4-5H2,1-3H3,(H,12,14)(H,13,15)(H,16,17). The van der Waals surface area contributed by atoms with Crippen molar-refractivity contribution in [2.75, 3.05) is 6.54 Å². The molecule has 0 aromatic heterocycles. The first-order valence-corrected chi connectivity index (χ1v) is 5.51. The van der Waals surface area contributed by atoms with Gasteiger partial charge < -0.3 is 15.7 Å². The quantitative estimate of drug-likeness (QED) is 0.594. The predicted octanol–water partition coefficient (Wildman–Crippen LogP) is -0.262. The summed E-state index contributed by atoms with van der Waals surface area (Å²) in [4.78, 5) is 33.9. The molecule has 0 aromatic rings. The molecule has 6 heteroatoms. The number of carboxylic acids is 1. The van der Waals surface area contributed by atoms with E-state index in [1.54, 1.807) is 20.8 Å². The van der Waals surface area contributed by atoms with Gasteiger partial charge in [-0.05, 0) is 5.41 Å². The summed E-state index contributed by atoms with van der Waals surface area (Å²) in [5.74, 6) is -2.92. The zero-order chi connectivity index (χ0) is 13.2. The number of hydrogen-bond acceptors (Lipinski definition) is 3. The van der Waals surface area contributed by atoms with E-state index in [2.05, 4.69) is 10.6 Å². The van der Waals surface area contributed by atoms with Crippen molar-refractivity contribution in [3.63, 3.8) is 0 Å². The monoisotopic (exact) mass is 242 g/mol. The fourth-order valence-corrected chi connectivity index (χ4v) is 1.87. The van der Waals surface area contributed by atoms with Crippen molar-refractivity contribution in [1.29, 1.82) is 0 Å². The SMILES string of the molecule is CC(C)(C)C(C(=O)O)C(=O)NC1CNC(=O)C1. The minimum atomic E-state index is -1.15. The Balaban J connectivity index is 2.67. The molecule has 6 nitrogen and oxygen atoms in total. The highest BCUT2D eigenvalue weighted by molar-refractivity contribution is 5.98. The van der Waals surface area contributed by atoms with Crippen molar-refractivity contribution in [2.45, 2.75) is 33.2 Å². The number of hydrogen-bond donors (Lipinski definition) is 3. The lowest BCUT2D eigenvalue weighted by atomic mass is 9.80. The molecule has 0 bridgehead atoms. The number of carbonyl (C=O) groups is 3. The summed E-state index contributed by atoms with van der Waals surface area (Å²) in [6, 6.07) is -0.306. The summed E-state index contributed by atoms with van der Waals surface area (Å²) in [6.07, 6.45) is 0.211. The van der Waals surface area contributed by atoms with Gasteiger partial charge in [0, 0.05) is 13.0 Å². The zero-order valence-electron chi connectivity index (χ0n) is 10.2. The number of carboxylic acid groups (broad SMARTS) is 1. The van der Waals surface area contributed by atoms with Crippen LogP contribution in [-0.2, 0) is 14.4 Å². The zero-order valence-corrected chi connectivity index (χ0v) is 10.2. The van der Waals surface area contributed by atoms with Gasteiger partial charge in [0.1, 0.15) is 5.92 Å². The van der Waals surface area contributed by atoms with E-state index in [-0.39, 0.29) is 18.4 Å². The Kier molecular flexibility index (Phi) is 3.75. The molecular formula is C11H18N2O4. The molecule has 0 radical (unpaired) electrons. The van der Waals surface area contributed by atoms with Crippen molar-refractivity contribution in [3.05, 3.63) is 0 Å². The summed E-state index contributed by atoms with van der Waals surface area (Å²) in [5, 5.41) is 14.2. The fraction of sp³-hybridized carbons (Fsp3) is 0.727. The normalized spacial score (nSPS) is 21.8. The molecule has 0 aromatic carbocycles. The third-order valence-corrected chi connectivity index (χ3v) is 2.70. The lowest BCUT2D eigenvalue weighted by Crippen LogP contribution is -2.47. The minimum absolute atomic E-state index is 0.127. The van der Waals surface area contributed by atoms with Gasteiger partial charge in [0.2, 0.25) is 11.8 Å². The highest BCUT2D eigenvalue weighted by atomic mass is 16.4. The topological polar surface area (TPSA) is 95.5 Å². The molecule has 2 unspecified atom stereocenters. The van der Waals surface area contributed by atoms with Gasteiger partial charge in [-0.2, -0.15) is 0 Å². The Labute approximate surface area is 99.8 Å². The van der Waals surface area contributed by atoms with Crippen LogP contribution < -0.4 is 10.6 Å². The van der Waals surface area contributed by atoms with Gasteiger partial charge in [-0.3, -0.25) is 14.4 Å². The maximum atomic E-state index is 11.9. The Bertz CT molecular complexity index is 346. The van der Waals surface area contributed by atoms with E-state index >= 15 is 0 Å². The minimum Gasteiger partial charge on any atom is -0.481 e. The maximum Gasteiger partial charge on any atom is 0.316 e. The third-order valence-electron chi connectivity index (χ3n) is 2.70. The average Bonchev–Trinajstić information content (AvgIpc) is 2.46. The molecule has 1 heterocycles. The average molecular weight is 242 g/mol. The van der Waals surface area contributed by atoms with Gasteiger partial charge in [-0.25, -0.2) is 0 Å². The molecule has 1 aliphatic rings. The van der Waals surface area contributed by atoms with Crippen molar-refractivity contribution >= 4 is 17.8 Å². The first-order valence-electron chi connectivity index (χ1n) is 5.51. The molecule has 17 heavy (non-hydrogen) atoms. The second-order valence-corrected chi connectivity index (χ2v) is 5.35. The molecule has 1 fully saturated rings. The first kappa shape index (κ1) is 13.5. The summed E-state index contributed by atoms with van der Waals surface area (Å²) < 4.78 is 0. The van der Waals surface area contributed by atoms with Crippen molar-refractivity contribution in [3.8, 4) is 0 Å². The second kappa shape index (κ2) is 4.73. The molecular weight excluding hydrogens is 224 g/mol. The van der Waals surface area contributed by atoms with Crippen LogP contribution in [0.4, 0.5) is 0 Å². The van der Waals surface area contributed by atoms with E-state index in [1.165, 1.54) is 0 Å². The Hall–Kier alpha value is -1.59. The largest absolute Gasteiger partial charge is 0.481 e. The summed E-state index contributed by atoms with van der Waals surface area (Å²) in [7, 11) is 0. The van der Waals surface area contributed by atoms with Crippen LogP contribution in [0.3, 0.4) is 0 Å². The highest BCUT2D eigenvalue weighted by Gasteiger charge is 2.39. The van der Waals surface area contributed by atoms with Gasteiger partial charge in [0.05, 0.1) is 6.04 Å². The smallest absolute Gasteiger partial charge is 0.316 e. The van der Waals surface area contributed by atoms with Crippen LogP contribution in [0.15, 0.2) is 0 Å². The first-order chi connectivity index (χ1) is 7.71. The molecule has 3 N–H and O–H groups in total. The number of aliphatic carboxylic acids is 1.